The van der Waals surface area contributed by atoms with E-state index in [1.165, 1.54) is 16.2 Å². The summed E-state index contributed by atoms with van der Waals surface area (Å²) in [5.41, 5.74) is 1.49. The molecule has 1 amide bonds. The lowest BCUT2D eigenvalue weighted by Crippen LogP contribution is -3.12. The van der Waals surface area contributed by atoms with Crippen molar-refractivity contribution < 1.29 is 19.2 Å². The smallest absolute Gasteiger partial charge is 0.260 e. The van der Waals surface area contributed by atoms with Crippen LogP contribution in [0.4, 0.5) is 5.13 Å². The number of hydrogen-bond acceptors (Lipinski definition) is 5. The van der Waals surface area contributed by atoms with Crippen molar-refractivity contribution in [2.75, 3.05) is 45.3 Å². The van der Waals surface area contributed by atoms with Crippen LogP contribution in [0, 0.1) is 0 Å². The van der Waals surface area contributed by atoms with Crippen molar-refractivity contribution in [3.63, 3.8) is 0 Å². The van der Waals surface area contributed by atoms with E-state index in [1.807, 2.05) is 30.3 Å². The summed E-state index contributed by atoms with van der Waals surface area (Å²) in [6, 6.07) is 13.0. The highest BCUT2D eigenvalue weighted by Crippen LogP contribution is 2.32. The molecular formula is C22H28N3O3S+. The van der Waals surface area contributed by atoms with E-state index in [2.05, 4.69) is 13.8 Å². The van der Waals surface area contributed by atoms with Crippen molar-refractivity contribution >= 4 is 32.6 Å². The fraction of sp³-hybridized carbons (Fsp3) is 0.364. The molecule has 0 atom stereocenters. The van der Waals surface area contributed by atoms with Crippen molar-refractivity contribution in [3.05, 3.63) is 48.0 Å². The summed E-state index contributed by atoms with van der Waals surface area (Å²) in [6.07, 6.45) is 0. The number of anilines is 1. The van der Waals surface area contributed by atoms with Crippen LogP contribution >= 0.6 is 11.3 Å². The van der Waals surface area contributed by atoms with Gasteiger partial charge in [-0.3, -0.25) is 9.69 Å². The molecule has 1 heterocycles. The lowest BCUT2D eigenvalue weighted by molar-refractivity contribution is -0.894. The fourth-order valence-corrected chi connectivity index (χ4v) is 4.20. The molecule has 0 saturated heterocycles. The number of carbonyl (C=O) groups is 1. The molecule has 3 rings (SSSR count). The van der Waals surface area contributed by atoms with Crippen LogP contribution in [-0.4, -0.2) is 51.3 Å². The quantitative estimate of drug-likeness (QED) is 0.585. The maximum absolute atomic E-state index is 13.4. The molecule has 0 unspecified atom stereocenters. The first-order valence-electron chi connectivity index (χ1n) is 9.83. The third-order valence-corrected chi connectivity index (χ3v) is 6.13. The summed E-state index contributed by atoms with van der Waals surface area (Å²) in [4.78, 5) is 21.3. The maximum atomic E-state index is 13.4. The molecule has 3 aromatic rings. The second-order valence-electron chi connectivity index (χ2n) is 6.72. The summed E-state index contributed by atoms with van der Waals surface area (Å²) < 4.78 is 11.5. The first-order valence-corrected chi connectivity index (χ1v) is 10.6. The molecule has 1 N–H and O–H groups in total. The van der Waals surface area contributed by atoms with Crippen molar-refractivity contribution in [2.24, 2.45) is 0 Å². The number of nitrogens with zero attached hydrogens (tertiary/aromatic N) is 2. The number of thiazole rings is 1. The molecule has 0 fully saturated rings. The van der Waals surface area contributed by atoms with Gasteiger partial charge in [-0.15, -0.1) is 0 Å². The highest BCUT2D eigenvalue weighted by Gasteiger charge is 2.23. The zero-order valence-corrected chi connectivity index (χ0v) is 18.2. The van der Waals surface area contributed by atoms with Crippen LogP contribution < -0.4 is 19.3 Å². The minimum Gasteiger partial charge on any atom is -0.497 e. The molecule has 6 nitrogen and oxygen atoms in total. The summed E-state index contributed by atoms with van der Waals surface area (Å²) in [5.74, 6) is 1.46. The Balaban J connectivity index is 1.94. The predicted octanol–water partition coefficient (Wildman–Crippen LogP) is 2.89. The summed E-state index contributed by atoms with van der Waals surface area (Å²) >= 11 is 1.51. The van der Waals surface area contributed by atoms with Crippen LogP contribution in [0.2, 0.25) is 0 Å². The van der Waals surface area contributed by atoms with E-state index in [0.717, 1.165) is 41.3 Å². The van der Waals surface area contributed by atoms with Gasteiger partial charge in [-0.1, -0.05) is 11.3 Å². The van der Waals surface area contributed by atoms with Crippen LogP contribution in [0.3, 0.4) is 0 Å². The maximum Gasteiger partial charge on any atom is 0.260 e. The molecular weight excluding hydrogens is 386 g/mol. The van der Waals surface area contributed by atoms with Gasteiger partial charge in [-0.25, -0.2) is 4.98 Å². The number of benzene rings is 2. The van der Waals surface area contributed by atoms with Crippen LogP contribution in [0.25, 0.3) is 10.2 Å². The van der Waals surface area contributed by atoms with Gasteiger partial charge in [-0.05, 0) is 56.3 Å². The number of ether oxygens (including phenoxy) is 2. The number of likely N-dealkylation sites (N-methyl/N-ethyl adjacent to an activating group) is 1. The minimum atomic E-state index is -0.0507. The molecule has 0 saturated carbocycles. The number of rotatable bonds is 9. The normalized spacial score (nSPS) is 11.1. The van der Waals surface area contributed by atoms with Gasteiger partial charge in [0.2, 0.25) is 0 Å². The Morgan fingerprint density at radius 3 is 2.31 bits per heavy atom. The zero-order chi connectivity index (χ0) is 20.8. The van der Waals surface area contributed by atoms with Gasteiger partial charge in [0.15, 0.2) is 5.13 Å². The average molecular weight is 415 g/mol. The first kappa shape index (κ1) is 21.1. The molecule has 154 valence electrons. The number of carbonyl (C=O) groups excluding carboxylic acids is 1. The van der Waals surface area contributed by atoms with Gasteiger partial charge < -0.3 is 14.4 Å². The Labute approximate surface area is 175 Å². The lowest BCUT2D eigenvalue weighted by Gasteiger charge is -2.23. The Morgan fingerprint density at radius 1 is 1.03 bits per heavy atom. The number of amides is 1. The monoisotopic (exact) mass is 414 g/mol. The minimum absolute atomic E-state index is 0.0507. The van der Waals surface area contributed by atoms with E-state index < -0.39 is 0 Å². The van der Waals surface area contributed by atoms with Crippen molar-refractivity contribution in [1.82, 2.24) is 4.98 Å². The third-order valence-electron chi connectivity index (χ3n) is 5.09. The standard InChI is InChI=1S/C22H27N3O3S/c1-5-24(6-2)13-14-25(21(26)16-7-9-17(27-3)10-8-16)22-23-19-12-11-18(28-4)15-20(19)29-22/h7-12,15H,5-6,13-14H2,1-4H3/p+1. The number of methoxy groups -OCH3 is 2. The highest BCUT2D eigenvalue weighted by molar-refractivity contribution is 7.22. The summed E-state index contributed by atoms with van der Waals surface area (Å²) in [6.45, 7) is 7.86. The molecule has 7 heteroatoms. The number of aromatic nitrogens is 1. The Hall–Kier alpha value is -2.64. The molecule has 0 radical (unpaired) electrons. The Morgan fingerprint density at radius 2 is 1.69 bits per heavy atom. The van der Waals surface area contributed by atoms with E-state index >= 15 is 0 Å². The number of nitrogens with one attached hydrogen (secondary N) is 1. The van der Waals surface area contributed by atoms with E-state index in [1.54, 1.807) is 31.3 Å². The van der Waals surface area contributed by atoms with Gasteiger partial charge in [-0.2, -0.15) is 0 Å². The van der Waals surface area contributed by atoms with Crippen molar-refractivity contribution in [2.45, 2.75) is 13.8 Å². The third kappa shape index (κ3) is 4.86. The molecule has 0 bridgehead atoms. The average Bonchev–Trinajstić information content (AvgIpc) is 3.19. The second kappa shape index (κ2) is 9.71. The summed E-state index contributed by atoms with van der Waals surface area (Å²) in [7, 11) is 3.26. The Kier molecular flexibility index (Phi) is 7.06. The Bertz CT molecular complexity index is 952. The second-order valence-corrected chi connectivity index (χ2v) is 7.73. The molecule has 0 aliphatic heterocycles. The van der Waals surface area contributed by atoms with E-state index in [-0.39, 0.29) is 5.91 Å². The molecule has 0 spiro atoms. The molecule has 1 aromatic heterocycles. The van der Waals surface area contributed by atoms with Gasteiger partial charge >= 0.3 is 0 Å². The number of hydrogen-bond donors (Lipinski definition) is 1. The molecule has 0 aliphatic carbocycles. The van der Waals surface area contributed by atoms with Crippen LogP contribution in [0.5, 0.6) is 11.5 Å². The molecule has 2 aromatic carbocycles. The molecule has 0 aliphatic rings. The van der Waals surface area contributed by atoms with Gasteiger partial charge in [0.25, 0.3) is 5.91 Å². The van der Waals surface area contributed by atoms with Gasteiger partial charge in [0.05, 0.1) is 50.6 Å². The number of quaternary nitrogens is 1. The highest BCUT2D eigenvalue weighted by atomic mass is 32.1. The summed E-state index contributed by atoms with van der Waals surface area (Å²) in [5, 5.41) is 0.709. The van der Waals surface area contributed by atoms with Crippen molar-refractivity contribution in [1.29, 1.82) is 0 Å². The molecule has 29 heavy (non-hydrogen) atoms. The van der Waals surface area contributed by atoms with Crippen LogP contribution in [0.1, 0.15) is 24.2 Å². The predicted molar refractivity (Wildman–Crippen MR) is 118 cm³/mol. The zero-order valence-electron chi connectivity index (χ0n) is 17.4. The number of fused-ring (bicyclic) bond motifs is 1. The van der Waals surface area contributed by atoms with E-state index in [9.17, 15) is 4.79 Å². The lowest BCUT2D eigenvalue weighted by atomic mass is 10.2. The van der Waals surface area contributed by atoms with E-state index in [4.69, 9.17) is 14.5 Å². The van der Waals surface area contributed by atoms with Gasteiger partial charge in [0, 0.05) is 5.56 Å². The van der Waals surface area contributed by atoms with Crippen molar-refractivity contribution in [3.8, 4) is 11.5 Å². The topological polar surface area (TPSA) is 56.1 Å². The largest absolute Gasteiger partial charge is 0.497 e. The SMILES string of the molecule is CC[NH+](CC)CCN(C(=O)c1ccc(OC)cc1)c1nc2ccc(OC)cc2s1. The van der Waals surface area contributed by atoms with E-state index in [0.29, 0.717) is 17.2 Å². The van der Waals surface area contributed by atoms with Crippen LogP contribution in [0.15, 0.2) is 42.5 Å². The van der Waals surface area contributed by atoms with Crippen LogP contribution in [-0.2, 0) is 0 Å². The fourth-order valence-electron chi connectivity index (χ4n) is 3.18. The first-order chi connectivity index (χ1) is 14.1. The van der Waals surface area contributed by atoms with Gasteiger partial charge in [0.1, 0.15) is 11.5 Å².